The van der Waals surface area contributed by atoms with E-state index in [-0.39, 0.29) is 47.4 Å². The van der Waals surface area contributed by atoms with Gasteiger partial charge < -0.3 is 45.4 Å². The van der Waals surface area contributed by atoms with Crippen LogP contribution >= 0.6 is 0 Å². The average Bonchev–Trinajstić information content (AvgIpc) is 4.05. The van der Waals surface area contributed by atoms with E-state index in [9.17, 15) is 33.2 Å². The number of benzene rings is 2. The number of nitrogens with zero attached hydrogens (tertiary/aromatic N) is 3. The lowest BCUT2D eigenvalue weighted by molar-refractivity contribution is -0.141. The fourth-order valence-electron chi connectivity index (χ4n) is 9.72. The Labute approximate surface area is 381 Å². The van der Waals surface area contributed by atoms with Crippen LogP contribution in [-0.2, 0) is 28.7 Å². The number of ether oxygens (including phenoxy) is 2. The Kier molecular flexibility index (Phi) is 15.0. The van der Waals surface area contributed by atoms with Crippen LogP contribution in [-0.4, -0.2) is 103 Å². The number of allylic oxidation sites excluding steroid dienone is 3. The van der Waals surface area contributed by atoms with Gasteiger partial charge in [0.25, 0.3) is 0 Å². The molecule has 3 saturated heterocycles. The molecular weight excluding hydrogens is 834 g/mol. The van der Waals surface area contributed by atoms with Crippen LogP contribution in [0.5, 0.6) is 0 Å². The van der Waals surface area contributed by atoms with E-state index in [4.69, 9.17) is 9.47 Å². The van der Waals surface area contributed by atoms with Gasteiger partial charge in [-0.05, 0) is 109 Å². The zero-order chi connectivity index (χ0) is 47.4. The van der Waals surface area contributed by atoms with Crippen LogP contribution < -0.4 is 26.2 Å². The minimum atomic E-state index is -0.885. The van der Waals surface area contributed by atoms with Gasteiger partial charge >= 0.3 is 12.2 Å². The van der Waals surface area contributed by atoms with Crippen LogP contribution in [0.4, 0.5) is 25.4 Å². The summed E-state index contributed by atoms with van der Waals surface area (Å²) < 4.78 is 24.4. The summed E-state index contributed by atoms with van der Waals surface area (Å²) >= 11 is 0. The highest BCUT2D eigenvalue weighted by Crippen LogP contribution is 2.45. The molecule has 2 aromatic carbocycles. The van der Waals surface area contributed by atoms with Crippen molar-refractivity contribution >= 4 is 47.2 Å². The van der Waals surface area contributed by atoms with Gasteiger partial charge in [0.1, 0.15) is 30.0 Å². The van der Waals surface area contributed by atoms with Gasteiger partial charge in [0.15, 0.2) is 0 Å². The highest BCUT2D eigenvalue weighted by atomic mass is 19.1. The van der Waals surface area contributed by atoms with E-state index in [2.05, 4.69) is 39.2 Å². The van der Waals surface area contributed by atoms with E-state index in [0.29, 0.717) is 50.9 Å². The fraction of sp³-hybridized carbons (Fsp3) is 0.551. The first-order valence-electron chi connectivity index (χ1n) is 22.7. The van der Waals surface area contributed by atoms with Crippen molar-refractivity contribution < 1.29 is 42.6 Å². The third-order valence-corrected chi connectivity index (χ3v) is 13.1. The van der Waals surface area contributed by atoms with Crippen molar-refractivity contribution in [3.05, 3.63) is 83.3 Å². The number of carbonyl (C=O) groups excluding carboxylic acids is 6. The minimum absolute atomic E-state index is 0.0282. The molecule has 4 N–H and O–H groups in total. The Bertz CT molecular complexity index is 2180. The van der Waals surface area contributed by atoms with Crippen LogP contribution in [0.15, 0.2) is 72.0 Å². The van der Waals surface area contributed by atoms with Crippen LogP contribution in [0.2, 0.25) is 0 Å². The first kappa shape index (κ1) is 48.5. The molecule has 352 valence electrons. The van der Waals surface area contributed by atoms with Crippen molar-refractivity contribution in [3.63, 3.8) is 0 Å². The molecule has 4 aliphatic rings. The van der Waals surface area contributed by atoms with Gasteiger partial charge in [-0.3, -0.25) is 19.2 Å². The van der Waals surface area contributed by atoms with E-state index < -0.39 is 47.2 Å². The molecule has 0 saturated carbocycles. The standard InChI is InChI=1S/C49H66FN7O8/c1-29-27-33(52-43(59)39-16-12-26-56(39)45(61)41(49(5,6)7)54-47(63)65-9)21-22-35(29)37-24-23-36(57(37)34-14-10-13-31(50)28-34)30-17-19-32(20-18-30)51-42(58)38-15-11-25-55(38)44(60)40(48(2,3)4)53-46(62)64-8/h10,13-14,17-22,28-29,36-41H,11-12,15-16,23-27H2,1-9H3,(H,51,58)(H,52,59)(H,53,62)(H,54,63)/t29?,36-,37-,38+,39+,40-,41-/m1/s1. The predicted molar refractivity (Wildman–Crippen MR) is 245 cm³/mol. The average molecular weight is 900 g/mol. The zero-order valence-corrected chi connectivity index (χ0v) is 39.2. The molecule has 6 rings (SSSR count). The summed E-state index contributed by atoms with van der Waals surface area (Å²) in [5, 5.41) is 11.4. The van der Waals surface area contributed by atoms with Gasteiger partial charge in [0, 0.05) is 30.2 Å². The number of likely N-dealkylation sites (tertiary alicyclic amines) is 2. The van der Waals surface area contributed by atoms with Crippen molar-refractivity contribution in [1.29, 1.82) is 0 Å². The second-order valence-electron chi connectivity index (χ2n) is 19.8. The fourth-order valence-corrected chi connectivity index (χ4v) is 9.72. The van der Waals surface area contributed by atoms with Gasteiger partial charge in [-0.25, -0.2) is 14.0 Å². The summed E-state index contributed by atoms with van der Waals surface area (Å²) in [7, 11) is 2.49. The van der Waals surface area contributed by atoms with E-state index in [1.54, 1.807) is 21.9 Å². The Balaban J connectivity index is 1.16. The zero-order valence-electron chi connectivity index (χ0n) is 39.2. The molecule has 0 bridgehead atoms. The number of alkyl carbamates (subject to hydrolysis) is 2. The van der Waals surface area contributed by atoms with Gasteiger partial charge in [-0.2, -0.15) is 0 Å². The number of carbonyl (C=O) groups is 6. The Hall–Kier alpha value is -5.93. The lowest BCUT2D eigenvalue weighted by Crippen LogP contribution is -2.57. The van der Waals surface area contributed by atoms with Crippen LogP contribution in [0.25, 0.3) is 0 Å². The minimum Gasteiger partial charge on any atom is -0.453 e. The highest BCUT2D eigenvalue weighted by Gasteiger charge is 2.45. The molecule has 3 heterocycles. The van der Waals surface area contributed by atoms with Gasteiger partial charge in [0.05, 0.1) is 26.3 Å². The molecule has 0 radical (unpaired) electrons. The third-order valence-electron chi connectivity index (χ3n) is 13.1. The third kappa shape index (κ3) is 11.1. The molecule has 16 heteroatoms. The summed E-state index contributed by atoms with van der Waals surface area (Å²) in [5.74, 6) is -1.56. The van der Waals surface area contributed by atoms with Crippen molar-refractivity contribution in [2.24, 2.45) is 16.7 Å². The number of nitrogens with one attached hydrogen (secondary N) is 4. The van der Waals surface area contributed by atoms with Crippen LogP contribution in [0.1, 0.15) is 105 Å². The molecule has 0 aromatic heterocycles. The SMILES string of the molecule is COC(=O)N[C@H](C(=O)N1CCC[C@H]1C(=O)NC1=CC=C([C@H]2CC[C@H](c3ccc(NC(=O)[C@@H]4CCCN4C(=O)[C@@H](NC(=O)OC)C(C)(C)C)cc3)N2c2cccc(F)c2)C(C)C1)C(C)(C)C. The monoisotopic (exact) mass is 899 g/mol. The number of hydrogen-bond donors (Lipinski definition) is 4. The number of methoxy groups -OCH3 is 2. The van der Waals surface area contributed by atoms with Gasteiger partial charge in [-0.15, -0.1) is 0 Å². The highest BCUT2D eigenvalue weighted by molar-refractivity contribution is 5.99. The largest absolute Gasteiger partial charge is 0.453 e. The Morgan fingerprint density at radius 3 is 1.71 bits per heavy atom. The van der Waals surface area contributed by atoms with E-state index in [1.165, 1.54) is 20.3 Å². The van der Waals surface area contributed by atoms with Crippen LogP contribution in [0, 0.1) is 22.6 Å². The van der Waals surface area contributed by atoms with Crippen molar-refractivity contribution in [2.75, 3.05) is 37.5 Å². The molecule has 0 spiro atoms. The number of rotatable bonds is 11. The molecule has 6 amide bonds. The Morgan fingerprint density at radius 1 is 0.692 bits per heavy atom. The maximum absolute atomic E-state index is 14.9. The maximum atomic E-state index is 14.9. The summed E-state index contributed by atoms with van der Waals surface area (Å²) in [6, 6.07) is 10.9. The smallest absolute Gasteiger partial charge is 0.407 e. The van der Waals surface area contributed by atoms with Crippen LogP contribution in [0.3, 0.4) is 0 Å². The molecule has 3 fully saturated rings. The van der Waals surface area contributed by atoms with Gasteiger partial charge in [0.2, 0.25) is 23.6 Å². The molecular formula is C49H66FN7O8. The molecule has 3 aliphatic heterocycles. The molecule has 1 aliphatic carbocycles. The first-order valence-corrected chi connectivity index (χ1v) is 22.7. The first-order chi connectivity index (χ1) is 30.7. The number of amides is 6. The summed E-state index contributed by atoms with van der Waals surface area (Å²) in [5.41, 5.74) is 2.96. The van der Waals surface area contributed by atoms with E-state index >= 15 is 0 Å². The molecule has 7 atom stereocenters. The molecule has 15 nitrogen and oxygen atoms in total. The number of hydrogen-bond acceptors (Lipinski definition) is 9. The topological polar surface area (TPSA) is 179 Å². The number of anilines is 2. The van der Waals surface area contributed by atoms with E-state index in [0.717, 1.165) is 35.4 Å². The molecule has 2 aromatic rings. The van der Waals surface area contributed by atoms with Crippen molar-refractivity contribution in [2.45, 2.75) is 130 Å². The summed E-state index contributed by atoms with van der Waals surface area (Å²) in [6.45, 7) is 14.0. The lowest BCUT2D eigenvalue weighted by atomic mass is 9.85. The Morgan fingerprint density at radius 2 is 1.22 bits per heavy atom. The lowest BCUT2D eigenvalue weighted by Gasteiger charge is -2.37. The molecule has 1 unspecified atom stereocenters. The van der Waals surface area contributed by atoms with E-state index in [1.807, 2.05) is 78.0 Å². The predicted octanol–water partition coefficient (Wildman–Crippen LogP) is 6.96. The van der Waals surface area contributed by atoms with Gasteiger partial charge in [-0.1, -0.05) is 72.7 Å². The van der Waals surface area contributed by atoms with Crippen molar-refractivity contribution in [1.82, 2.24) is 25.8 Å². The second kappa shape index (κ2) is 20.1. The normalized spacial score (nSPS) is 23.2. The second-order valence-corrected chi connectivity index (χ2v) is 19.8. The summed E-state index contributed by atoms with van der Waals surface area (Å²) in [6.07, 6.45) is 7.00. The van der Waals surface area contributed by atoms with Crippen molar-refractivity contribution in [3.8, 4) is 0 Å². The molecule has 65 heavy (non-hydrogen) atoms. The quantitative estimate of drug-likeness (QED) is 0.186. The number of halogens is 1. The summed E-state index contributed by atoms with van der Waals surface area (Å²) in [4.78, 5) is 84.7. The maximum Gasteiger partial charge on any atom is 0.407 e.